The fourth-order valence-corrected chi connectivity index (χ4v) is 5.81. The number of hydrogen-bond donors (Lipinski definition) is 2. The van der Waals surface area contributed by atoms with Crippen LogP contribution in [0.4, 0.5) is 0 Å². The van der Waals surface area contributed by atoms with E-state index in [1.54, 1.807) is 14.2 Å². The van der Waals surface area contributed by atoms with Crippen LogP contribution in [0.2, 0.25) is 0 Å². The van der Waals surface area contributed by atoms with Gasteiger partial charge in [0.1, 0.15) is 0 Å². The van der Waals surface area contributed by atoms with E-state index in [-0.39, 0.29) is 17.1 Å². The fourth-order valence-electron chi connectivity index (χ4n) is 5.81. The average molecular weight is 583 g/mol. The van der Waals surface area contributed by atoms with Gasteiger partial charge in [0.25, 0.3) is 0 Å². The molecule has 4 rings (SSSR count). The second-order valence-corrected chi connectivity index (χ2v) is 11.0. The molecule has 0 amide bonds. The van der Waals surface area contributed by atoms with E-state index in [4.69, 9.17) is 9.47 Å². The van der Waals surface area contributed by atoms with Crippen LogP contribution in [0, 0.1) is 63.2 Å². The maximum atomic E-state index is 5.33. The van der Waals surface area contributed by atoms with Crippen molar-refractivity contribution < 1.29 is 26.5 Å². The van der Waals surface area contributed by atoms with Gasteiger partial charge in [-0.15, -0.1) is 0 Å². The van der Waals surface area contributed by atoms with Crippen molar-refractivity contribution >= 4 is 0 Å². The van der Waals surface area contributed by atoms with Crippen molar-refractivity contribution in [2.24, 2.45) is 0 Å². The quantitative estimate of drug-likeness (QED) is 0.246. The van der Waals surface area contributed by atoms with Crippen molar-refractivity contribution in [2.45, 2.75) is 102 Å². The van der Waals surface area contributed by atoms with Crippen LogP contribution < -0.4 is 10.9 Å². The summed E-state index contributed by atoms with van der Waals surface area (Å²) in [6, 6.07) is 1.97. The van der Waals surface area contributed by atoms with Crippen molar-refractivity contribution in [3.05, 3.63) is 63.2 Å². The molecule has 10 radical (unpaired) electrons. The number of rotatable bonds is 16. The van der Waals surface area contributed by atoms with E-state index in [0.717, 1.165) is 26.3 Å². The third-order valence-corrected chi connectivity index (χ3v) is 7.99. The van der Waals surface area contributed by atoms with Crippen LogP contribution >= 0.6 is 0 Å². The Morgan fingerprint density at radius 1 is 0.718 bits per heavy atom. The number of hydrogen-bond acceptors (Lipinski definition) is 6. The van der Waals surface area contributed by atoms with Crippen molar-refractivity contribution in [3.8, 4) is 0 Å². The van der Waals surface area contributed by atoms with Gasteiger partial charge >= 0.3 is 17.1 Å². The van der Waals surface area contributed by atoms with Crippen LogP contribution in [0.5, 0.6) is 0 Å². The average Bonchev–Trinajstić information content (AvgIpc) is 3.74. The Morgan fingerprint density at radius 3 is 1.44 bits per heavy atom. The molecular weight excluding hydrogens is 528 g/mol. The summed E-state index contributed by atoms with van der Waals surface area (Å²) in [4.78, 5) is 0. The van der Waals surface area contributed by atoms with Crippen molar-refractivity contribution in [3.63, 3.8) is 0 Å². The summed E-state index contributed by atoms with van der Waals surface area (Å²) in [5.41, 5.74) is 7.48. The van der Waals surface area contributed by atoms with Crippen LogP contribution in [0.15, 0.2) is 0 Å². The molecule has 2 aliphatic heterocycles. The third kappa shape index (κ3) is 12.2. The summed E-state index contributed by atoms with van der Waals surface area (Å²) in [6.45, 7) is 8.44. The van der Waals surface area contributed by atoms with Gasteiger partial charge in [0.05, 0.1) is 13.2 Å². The summed E-state index contributed by atoms with van der Waals surface area (Å²) < 4.78 is 10.7. The smallest absolute Gasteiger partial charge is 0.383 e. The molecule has 0 spiro atoms. The zero-order chi connectivity index (χ0) is 27.0. The van der Waals surface area contributed by atoms with Gasteiger partial charge in [-0.3, -0.25) is 10.9 Å². The molecule has 0 aromatic rings. The van der Waals surface area contributed by atoms with E-state index >= 15 is 0 Å². The Bertz CT molecular complexity index is 539. The molecule has 2 heterocycles. The minimum Gasteiger partial charge on any atom is -0.383 e. The summed E-state index contributed by atoms with van der Waals surface area (Å²) in [7, 11) is 3.59. The van der Waals surface area contributed by atoms with Crippen molar-refractivity contribution in [1.82, 2.24) is 20.9 Å². The summed E-state index contributed by atoms with van der Waals surface area (Å²) >= 11 is 0. The topological polar surface area (TPSA) is 49.0 Å². The number of nitrogens with one attached hydrogen (secondary N) is 2. The van der Waals surface area contributed by atoms with Crippen molar-refractivity contribution in [2.75, 3.05) is 40.5 Å². The molecule has 0 bridgehead atoms. The first kappa shape index (κ1) is 35.5. The van der Waals surface area contributed by atoms with Gasteiger partial charge in [-0.2, -0.15) is 0 Å². The van der Waals surface area contributed by atoms with Crippen LogP contribution in [-0.4, -0.2) is 74.7 Å². The first-order valence-corrected chi connectivity index (χ1v) is 15.2. The van der Waals surface area contributed by atoms with E-state index < -0.39 is 0 Å². The molecule has 2 saturated heterocycles. The SMILES string of the molecule is CCCC[C@@H](NN1CCC[C@H]1COC)[C]1[CH][CH][CH][CH]1.CCCC[C@@H](NN1CCC[C@H]1COC)[C]1[CH][CH][CH][CH]1.[Fe+2]. The maximum absolute atomic E-state index is 5.33. The molecule has 0 aromatic heterocycles. The van der Waals surface area contributed by atoms with E-state index in [1.165, 1.54) is 76.0 Å². The van der Waals surface area contributed by atoms with Crippen LogP contribution in [0.3, 0.4) is 0 Å². The van der Waals surface area contributed by atoms with Gasteiger partial charge in [-0.1, -0.05) is 39.5 Å². The van der Waals surface area contributed by atoms with E-state index in [9.17, 15) is 0 Å². The second-order valence-electron chi connectivity index (χ2n) is 11.0. The predicted octanol–water partition coefficient (Wildman–Crippen LogP) is 5.13. The summed E-state index contributed by atoms with van der Waals surface area (Å²) in [5, 5.41) is 4.80. The first-order chi connectivity index (χ1) is 18.7. The fraction of sp³-hybridized carbons (Fsp3) is 0.688. The Hall–Kier alpha value is 0.279. The molecule has 4 atom stereocenters. The second kappa shape index (κ2) is 21.0. The molecule has 2 saturated carbocycles. The van der Waals surface area contributed by atoms with Gasteiger partial charge in [0, 0.05) is 63.3 Å². The zero-order valence-corrected chi connectivity index (χ0v) is 26.0. The summed E-state index contributed by atoms with van der Waals surface area (Å²) in [6.07, 6.45) is 29.9. The maximum Gasteiger partial charge on any atom is 2.00 e. The first-order valence-electron chi connectivity index (χ1n) is 15.2. The van der Waals surface area contributed by atoms with E-state index in [1.807, 2.05) is 0 Å². The number of unbranched alkanes of at least 4 members (excludes halogenated alkanes) is 2. The third-order valence-electron chi connectivity index (χ3n) is 7.99. The molecule has 2 N–H and O–H groups in total. The standard InChI is InChI=1S/2C16H27N2O.Fe/c2*1-3-4-11-16(14-8-5-6-9-14)17-18-12-7-10-15(18)13-19-2;/h2*5-6,8-9,15-17H,3-4,7,10-13H2,1-2H3;/q;;+2/t2*15-,16+;/m00./s1. The largest absolute Gasteiger partial charge is 2.00 e. The molecule has 4 fully saturated rings. The normalized spacial score (nSPS) is 26.5. The molecule has 39 heavy (non-hydrogen) atoms. The Kier molecular flexibility index (Phi) is 19.1. The Balaban J connectivity index is 0.000000267. The van der Waals surface area contributed by atoms with Gasteiger partial charge in [-0.25, -0.2) is 10.0 Å². The molecular formula is C32H54FeN4O2+2. The number of nitrogens with zero attached hydrogens (tertiary/aromatic N) is 2. The Labute approximate surface area is 252 Å². The van der Waals surface area contributed by atoms with E-state index in [0.29, 0.717) is 24.2 Å². The van der Waals surface area contributed by atoms with Gasteiger partial charge in [0.2, 0.25) is 0 Å². The number of ether oxygens (including phenoxy) is 2. The predicted molar refractivity (Wildman–Crippen MR) is 157 cm³/mol. The van der Waals surface area contributed by atoms with Crippen molar-refractivity contribution in [1.29, 1.82) is 0 Å². The molecule has 0 unspecified atom stereocenters. The Morgan fingerprint density at radius 2 is 1.10 bits per heavy atom. The molecule has 4 aliphatic rings. The molecule has 2 aliphatic carbocycles. The molecule has 0 aromatic carbocycles. The minimum atomic E-state index is 0. The van der Waals surface area contributed by atoms with Crippen LogP contribution in [0.25, 0.3) is 0 Å². The number of hydrazine groups is 2. The van der Waals surface area contributed by atoms with Crippen LogP contribution in [0.1, 0.15) is 78.1 Å². The zero-order valence-electron chi connectivity index (χ0n) is 24.9. The minimum absolute atomic E-state index is 0. The van der Waals surface area contributed by atoms with Gasteiger partial charge < -0.3 is 9.47 Å². The van der Waals surface area contributed by atoms with Gasteiger partial charge in [0.15, 0.2) is 0 Å². The molecule has 6 nitrogen and oxygen atoms in total. The van der Waals surface area contributed by atoms with E-state index in [2.05, 4.69) is 86.1 Å². The molecule has 7 heteroatoms. The monoisotopic (exact) mass is 582 g/mol. The molecule has 220 valence electrons. The number of methoxy groups -OCH3 is 2. The van der Waals surface area contributed by atoms with Crippen LogP contribution in [-0.2, 0) is 26.5 Å². The summed E-state index contributed by atoms with van der Waals surface area (Å²) in [5.74, 6) is 2.83. The van der Waals surface area contributed by atoms with Gasteiger partial charge in [-0.05, 0) is 89.9 Å².